The van der Waals surface area contributed by atoms with Gasteiger partial charge in [-0.1, -0.05) is 44.2 Å². The second kappa shape index (κ2) is 6.04. The quantitative estimate of drug-likeness (QED) is 0.736. The van der Waals surface area contributed by atoms with Gasteiger partial charge >= 0.3 is 0 Å². The lowest BCUT2D eigenvalue weighted by Crippen LogP contribution is -2.08. The molecular formula is C19H22O. The van der Waals surface area contributed by atoms with Crippen LogP contribution in [0.15, 0.2) is 36.4 Å². The predicted molar refractivity (Wildman–Crippen MR) is 84.5 cm³/mol. The molecule has 20 heavy (non-hydrogen) atoms. The molecule has 0 atom stereocenters. The van der Waals surface area contributed by atoms with Gasteiger partial charge in [-0.2, -0.15) is 0 Å². The summed E-state index contributed by atoms with van der Waals surface area (Å²) in [6.45, 7) is 8.29. The fraction of sp³-hybridized carbons (Fsp3) is 0.316. The summed E-state index contributed by atoms with van der Waals surface area (Å²) in [6.07, 6.45) is 1.84. The topological polar surface area (TPSA) is 17.1 Å². The molecule has 0 aromatic heterocycles. The average Bonchev–Trinajstić information content (AvgIpc) is 2.48. The van der Waals surface area contributed by atoms with E-state index in [2.05, 4.69) is 45.0 Å². The lowest BCUT2D eigenvalue weighted by atomic mass is 9.91. The predicted octanol–water partition coefficient (Wildman–Crippen LogP) is 4.66. The highest BCUT2D eigenvalue weighted by Crippen LogP contribution is 2.21. The molecule has 0 fully saturated rings. The standard InChI is InChI=1S/C19H22O/c1-5-15-10-11-16(6-2)18(12-15)19(20)17-9-7-8-13(3)14(17)4/h7-12H,5-6H2,1-4H3. The van der Waals surface area contributed by atoms with Gasteiger partial charge in [-0.05, 0) is 55.0 Å². The molecule has 2 aromatic carbocycles. The van der Waals surface area contributed by atoms with Crippen LogP contribution in [0.3, 0.4) is 0 Å². The fourth-order valence-electron chi connectivity index (χ4n) is 2.51. The zero-order chi connectivity index (χ0) is 14.7. The summed E-state index contributed by atoms with van der Waals surface area (Å²) in [5.41, 5.74) is 6.29. The Morgan fingerprint density at radius 3 is 2.35 bits per heavy atom. The number of hydrogen-bond acceptors (Lipinski definition) is 1. The zero-order valence-electron chi connectivity index (χ0n) is 12.8. The Morgan fingerprint density at radius 1 is 0.950 bits per heavy atom. The molecule has 0 aliphatic rings. The van der Waals surface area contributed by atoms with E-state index < -0.39 is 0 Å². The maximum atomic E-state index is 12.9. The first-order chi connectivity index (χ1) is 9.58. The van der Waals surface area contributed by atoms with Crippen LogP contribution in [0.1, 0.15) is 52.0 Å². The Labute approximate surface area is 121 Å². The van der Waals surface area contributed by atoms with Crippen LogP contribution in [-0.2, 0) is 12.8 Å². The van der Waals surface area contributed by atoms with Crippen molar-refractivity contribution in [2.24, 2.45) is 0 Å². The van der Waals surface area contributed by atoms with E-state index in [-0.39, 0.29) is 5.78 Å². The van der Waals surface area contributed by atoms with Gasteiger partial charge in [0, 0.05) is 11.1 Å². The van der Waals surface area contributed by atoms with E-state index in [9.17, 15) is 4.79 Å². The highest BCUT2D eigenvalue weighted by Gasteiger charge is 2.16. The van der Waals surface area contributed by atoms with Gasteiger partial charge in [-0.25, -0.2) is 0 Å². The van der Waals surface area contributed by atoms with E-state index in [4.69, 9.17) is 0 Å². The molecule has 0 bridgehead atoms. The van der Waals surface area contributed by atoms with Gasteiger partial charge in [-0.3, -0.25) is 4.79 Å². The molecule has 0 heterocycles. The first kappa shape index (κ1) is 14.5. The lowest BCUT2D eigenvalue weighted by Gasteiger charge is -2.12. The maximum Gasteiger partial charge on any atom is 0.193 e. The van der Waals surface area contributed by atoms with Gasteiger partial charge in [-0.15, -0.1) is 0 Å². The van der Waals surface area contributed by atoms with Crippen LogP contribution in [0.4, 0.5) is 0 Å². The van der Waals surface area contributed by atoms with E-state index in [1.165, 1.54) is 11.1 Å². The normalized spacial score (nSPS) is 10.6. The van der Waals surface area contributed by atoms with Crippen molar-refractivity contribution < 1.29 is 4.79 Å². The molecule has 0 unspecified atom stereocenters. The SMILES string of the molecule is CCc1ccc(CC)c(C(=O)c2cccc(C)c2C)c1. The van der Waals surface area contributed by atoms with Crippen molar-refractivity contribution in [2.75, 3.05) is 0 Å². The van der Waals surface area contributed by atoms with Crippen LogP contribution in [0.5, 0.6) is 0 Å². The lowest BCUT2D eigenvalue weighted by molar-refractivity contribution is 0.103. The molecule has 0 aliphatic carbocycles. The van der Waals surface area contributed by atoms with Crippen molar-refractivity contribution in [1.29, 1.82) is 0 Å². The molecule has 0 aliphatic heterocycles. The molecule has 2 aromatic rings. The van der Waals surface area contributed by atoms with Gasteiger partial charge in [0.2, 0.25) is 0 Å². The maximum absolute atomic E-state index is 12.9. The minimum absolute atomic E-state index is 0.151. The molecule has 0 saturated carbocycles. The Balaban J connectivity index is 2.55. The van der Waals surface area contributed by atoms with E-state index in [0.717, 1.165) is 35.1 Å². The average molecular weight is 266 g/mol. The van der Waals surface area contributed by atoms with E-state index in [0.29, 0.717) is 0 Å². The highest BCUT2D eigenvalue weighted by molar-refractivity contribution is 6.11. The monoisotopic (exact) mass is 266 g/mol. The first-order valence-corrected chi connectivity index (χ1v) is 7.31. The number of hydrogen-bond donors (Lipinski definition) is 0. The van der Waals surface area contributed by atoms with Crippen molar-refractivity contribution in [3.8, 4) is 0 Å². The second-order valence-corrected chi connectivity index (χ2v) is 5.28. The summed E-state index contributed by atoms with van der Waals surface area (Å²) >= 11 is 0. The van der Waals surface area contributed by atoms with Crippen LogP contribution in [0, 0.1) is 13.8 Å². The Morgan fingerprint density at radius 2 is 1.70 bits per heavy atom. The van der Waals surface area contributed by atoms with Crippen LogP contribution < -0.4 is 0 Å². The summed E-state index contributed by atoms with van der Waals surface area (Å²) in [5, 5.41) is 0. The molecule has 0 radical (unpaired) electrons. The molecule has 104 valence electrons. The summed E-state index contributed by atoms with van der Waals surface area (Å²) < 4.78 is 0. The van der Waals surface area contributed by atoms with Crippen molar-refractivity contribution in [3.63, 3.8) is 0 Å². The summed E-state index contributed by atoms with van der Waals surface area (Å²) in [4.78, 5) is 12.9. The van der Waals surface area contributed by atoms with Crippen LogP contribution in [0.25, 0.3) is 0 Å². The minimum Gasteiger partial charge on any atom is -0.289 e. The van der Waals surface area contributed by atoms with Crippen molar-refractivity contribution in [1.82, 2.24) is 0 Å². The Hall–Kier alpha value is -1.89. The van der Waals surface area contributed by atoms with Gasteiger partial charge < -0.3 is 0 Å². The number of carbonyl (C=O) groups is 1. The fourth-order valence-corrected chi connectivity index (χ4v) is 2.51. The number of aryl methyl sites for hydroxylation is 3. The number of ketones is 1. The Kier molecular flexibility index (Phi) is 4.39. The molecule has 0 spiro atoms. The molecule has 0 saturated heterocycles. The smallest absolute Gasteiger partial charge is 0.193 e. The molecule has 0 amide bonds. The highest BCUT2D eigenvalue weighted by atomic mass is 16.1. The van der Waals surface area contributed by atoms with Gasteiger partial charge in [0.25, 0.3) is 0 Å². The van der Waals surface area contributed by atoms with Gasteiger partial charge in [0.1, 0.15) is 0 Å². The van der Waals surface area contributed by atoms with E-state index >= 15 is 0 Å². The summed E-state index contributed by atoms with van der Waals surface area (Å²) in [6, 6.07) is 12.2. The molecule has 2 rings (SSSR count). The second-order valence-electron chi connectivity index (χ2n) is 5.28. The van der Waals surface area contributed by atoms with Crippen molar-refractivity contribution >= 4 is 5.78 Å². The van der Waals surface area contributed by atoms with Crippen LogP contribution in [-0.4, -0.2) is 5.78 Å². The van der Waals surface area contributed by atoms with Crippen LogP contribution in [0.2, 0.25) is 0 Å². The number of carbonyl (C=O) groups excluding carboxylic acids is 1. The van der Waals surface area contributed by atoms with Gasteiger partial charge in [0.05, 0.1) is 0 Å². The minimum atomic E-state index is 0.151. The molecule has 1 heteroatoms. The summed E-state index contributed by atoms with van der Waals surface area (Å²) in [5.74, 6) is 0.151. The van der Waals surface area contributed by atoms with E-state index in [1.54, 1.807) is 0 Å². The van der Waals surface area contributed by atoms with E-state index in [1.807, 2.05) is 19.1 Å². The molecule has 1 nitrogen and oxygen atoms in total. The van der Waals surface area contributed by atoms with Gasteiger partial charge in [0.15, 0.2) is 5.78 Å². The molecule has 0 N–H and O–H groups in total. The summed E-state index contributed by atoms with van der Waals surface area (Å²) in [7, 11) is 0. The first-order valence-electron chi connectivity index (χ1n) is 7.31. The zero-order valence-corrected chi connectivity index (χ0v) is 12.8. The number of rotatable bonds is 4. The third kappa shape index (κ3) is 2.67. The van der Waals surface area contributed by atoms with Crippen molar-refractivity contribution in [2.45, 2.75) is 40.5 Å². The number of benzene rings is 2. The van der Waals surface area contributed by atoms with Crippen LogP contribution >= 0.6 is 0 Å². The molecular weight excluding hydrogens is 244 g/mol. The largest absolute Gasteiger partial charge is 0.289 e. The Bertz CT molecular complexity index is 638. The van der Waals surface area contributed by atoms with Crippen molar-refractivity contribution in [3.05, 3.63) is 69.8 Å². The third-order valence-corrected chi connectivity index (χ3v) is 4.06. The third-order valence-electron chi connectivity index (χ3n) is 4.06.